The minimum Gasteiger partial charge on any atom is -0.479 e. The van der Waals surface area contributed by atoms with Gasteiger partial charge in [-0.15, -0.1) is 0 Å². The van der Waals surface area contributed by atoms with Crippen LogP contribution in [0.4, 0.5) is 0 Å². The topological polar surface area (TPSA) is 79.7 Å². The molecular weight excluding hydrogens is 272 g/mol. The fourth-order valence-electron chi connectivity index (χ4n) is 3.15. The molecule has 1 unspecified atom stereocenters. The molecule has 1 aromatic rings. The number of hydrogen-bond donors (Lipinski definition) is 1. The molecule has 0 radical (unpaired) electrons. The maximum atomic E-state index is 12.6. The molecule has 2 aliphatic heterocycles. The van der Waals surface area contributed by atoms with Gasteiger partial charge in [0, 0.05) is 18.9 Å². The fourth-order valence-corrected chi connectivity index (χ4v) is 3.15. The molecule has 3 rings (SSSR count). The Balaban J connectivity index is 1.71. The van der Waals surface area contributed by atoms with Gasteiger partial charge in [-0.2, -0.15) is 0 Å². The smallest absolute Gasteiger partial charge is 0.332 e. The molecule has 0 spiro atoms. The van der Waals surface area contributed by atoms with Crippen LogP contribution in [0, 0.1) is 0 Å². The van der Waals surface area contributed by atoms with Crippen LogP contribution < -0.4 is 0 Å². The summed E-state index contributed by atoms with van der Waals surface area (Å²) >= 11 is 0. The van der Waals surface area contributed by atoms with Crippen LogP contribution in [0.5, 0.6) is 0 Å². The van der Waals surface area contributed by atoms with Gasteiger partial charge in [-0.3, -0.25) is 9.78 Å². The van der Waals surface area contributed by atoms with E-state index in [4.69, 9.17) is 9.84 Å². The summed E-state index contributed by atoms with van der Waals surface area (Å²) in [6.07, 6.45) is 4.74. The van der Waals surface area contributed by atoms with Gasteiger partial charge in [0.1, 0.15) is 6.10 Å². The first-order chi connectivity index (χ1) is 10.2. The number of aromatic nitrogens is 1. The first kappa shape index (κ1) is 14.0. The second-order valence-electron chi connectivity index (χ2n) is 5.50. The molecule has 21 heavy (non-hydrogen) atoms. The number of carbonyl (C=O) groups is 2. The zero-order valence-corrected chi connectivity index (χ0v) is 11.6. The number of ether oxygens (including phenoxy) is 1. The number of carbonyl (C=O) groups excluding carboxylic acids is 1. The molecule has 2 saturated heterocycles. The van der Waals surface area contributed by atoms with Gasteiger partial charge < -0.3 is 14.7 Å². The predicted molar refractivity (Wildman–Crippen MR) is 73.5 cm³/mol. The molecule has 2 aliphatic rings. The molecule has 3 heterocycles. The molecule has 0 aliphatic carbocycles. The average molecular weight is 290 g/mol. The summed E-state index contributed by atoms with van der Waals surface area (Å²) < 4.78 is 5.38. The minimum atomic E-state index is -0.989. The third-order valence-electron chi connectivity index (χ3n) is 4.20. The Hall–Kier alpha value is -1.95. The highest BCUT2D eigenvalue weighted by atomic mass is 16.5. The molecule has 0 saturated carbocycles. The van der Waals surface area contributed by atoms with E-state index < -0.39 is 18.2 Å². The van der Waals surface area contributed by atoms with Crippen LogP contribution >= 0.6 is 0 Å². The maximum Gasteiger partial charge on any atom is 0.332 e. The van der Waals surface area contributed by atoms with Crippen molar-refractivity contribution < 1.29 is 19.4 Å². The number of nitrogens with zero attached hydrogens (tertiary/aromatic N) is 2. The monoisotopic (exact) mass is 290 g/mol. The summed E-state index contributed by atoms with van der Waals surface area (Å²) in [6.45, 7) is 0.698. The van der Waals surface area contributed by atoms with Crippen LogP contribution in [0.15, 0.2) is 24.5 Å². The third kappa shape index (κ3) is 2.76. The Bertz CT molecular complexity index is 534. The van der Waals surface area contributed by atoms with Crippen LogP contribution in [0.2, 0.25) is 0 Å². The number of amides is 1. The number of likely N-dealkylation sites (tertiary alicyclic amines) is 1. The van der Waals surface area contributed by atoms with E-state index in [1.807, 2.05) is 17.0 Å². The Morgan fingerprint density at radius 3 is 2.57 bits per heavy atom. The van der Waals surface area contributed by atoms with Gasteiger partial charge in [0.05, 0.1) is 6.04 Å². The average Bonchev–Trinajstić information content (AvgIpc) is 3.17. The van der Waals surface area contributed by atoms with Gasteiger partial charge in [0.25, 0.3) is 5.91 Å². The van der Waals surface area contributed by atoms with Crippen molar-refractivity contribution in [1.82, 2.24) is 9.88 Å². The largest absolute Gasteiger partial charge is 0.479 e. The highest BCUT2D eigenvalue weighted by molar-refractivity contribution is 5.83. The van der Waals surface area contributed by atoms with Crippen molar-refractivity contribution in [3.05, 3.63) is 30.1 Å². The van der Waals surface area contributed by atoms with Gasteiger partial charge >= 0.3 is 5.97 Å². The van der Waals surface area contributed by atoms with E-state index in [1.165, 1.54) is 0 Å². The summed E-state index contributed by atoms with van der Waals surface area (Å²) in [5.74, 6) is -1.07. The molecule has 0 aromatic carbocycles. The lowest BCUT2D eigenvalue weighted by Gasteiger charge is -2.27. The summed E-state index contributed by atoms with van der Waals surface area (Å²) in [6, 6.07) is 3.89. The Kier molecular flexibility index (Phi) is 3.88. The van der Waals surface area contributed by atoms with Gasteiger partial charge in [-0.1, -0.05) is 0 Å². The predicted octanol–water partition coefficient (Wildman–Crippen LogP) is 1.38. The van der Waals surface area contributed by atoms with E-state index in [2.05, 4.69) is 4.98 Å². The second kappa shape index (κ2) is 5.81. The van der Waals surface area contributed by atoms with E-state index in [-0.39, 0.29) is 11.9 Å². The number of aliphatic carboxylic acids is 1. The van der Waals surface area contributed by atoms with E-state index >= 15 is 0 Å². The van der Waals surface area contributed by atoms with Crippen LogP contribution in [0.25, 0.3) is 0 Å². The summed E-state index contributed by atoms with van der Waals surface area (Å²) in [5.41, 5.74) is 1.07. The molecule has 0 bridgehead atoms. The van der Waals surface area contributed by atoms with Crippen molar-refractivity contribution in [2.75, 3.05) is 6.54 Å². The lowest BCUT2D eigenvalue weighted by Crippen LogP contribution is -2.39. The second-order valence-corrected chi connectivity index (χ2v) is 5.50. The van der Waals surface area contributed by atoms with Crippen molar-refractivity contribution in [3.8, 4) is 0 Å². The normalized spacial score (nSPS) is 28.8. The first-order valence-electron chi connectivity index (χ1n) is 7.25. The third-order valence-corrected chi connectivity index (χ3v) is 4.20. The first-order valence-corrected chi connectivity index (χ1v) is 7.25. The molecule has 1 aromatic heterocycles. The molecule has 3 atom stereocenters. The fraction of sp³-hybridized carbons (Fsp3) is 0.533. The summed E-state index contributed by atoms with van der Waals surface area (Å²) in [4.78, 5) is 29.3. The molecule has 6 heteroatoms. The lowest BCUT2D eigenvalue weighted by molar-refractivity contribution is -0.155. The van der Waals surface area contributed by atoms with Crippen molar-refractivity contribution in [1.29, 1.82) is 0 Å². The standard InChI is InChI=1S/C15H18N2O4/c18-14(12-3-4-13(21-12)15(19)20)17-9-1-2-11(17)10-5-7-16-8-6-10/h5-8,11-13H,1-4,9H2,(H,19,20)/t11?,12-,13+/m0/s1. The van der Waals surface area contributed by atoms with E-state index in [1.54, 1.807) is 12.4 Å². The number of pyridine rings is 1. The lowest BCUT2D eigenvalue weighted by atomic mass is 10.1. The maximum absolute atomic E-state index is 12.6. The Morgan fingerprint density at radius 2 is 1.90 bits per heavy atom. The van der Waals surface area contributed by atoms with Crippen LogP contribution in [0.1, 0.15) is 37.3 Å². The number of rotatable bonds is 3. The van der Waals surface area contributed by atoms with E-state index in [9.17, 15) is 9.59 Å². The molecule has 1 amide bonds. The number of carboxylic acids is 1. The highest BCUT2D eigenvalue weighted by Crippen LogP contribution is 2.34. The van der Waals surface area contributed by atoms with Gasteiger partial charge in [0.2, 0.25) is 0 Å². The van der Waals surface area contributed by atoms with Crippen molar-refractivity contribution >= 4 is 11.9 Å². The van der Waals surface area contributed by atoms with Crippen LogP contribution in [0.3, 0.4) is 0 Å². The van der Waals surface area contributed by atoms with Gasteiger partial charge in [-0.25, -0.2) is 4.79 Å². The highest BCUT2D eigenvalue weighted by Gasteiger charge is 2.40. The van der Waals surface area contributed by atoms with Crippen LogP contribution in [-0.4, -0.2) is 45.6 Å². The summed E-state index contributed by atoms with van der Waals surface area (Å²) in [5, 5.41) is 8.95. The molecular formula is C15H18N2O4. The van der Waals surface area contributed by atoms with E-state index in [0.29, 0.717) is 19.4 Å². The SMILES string of the molecule is O=C(O)[C@H]1CC[C@@H](C(=O)N2CCCC2c2ccncc2)O1. The molecule has 1 N–H and O–H groups in total. The molecule has 112 valence electrons. The van der Waals surface area contributed by atoms with E-state index in [0.717, 1.165) is 18.4 Å². The number of hydrogen-bond acceptors (Lipinski definition) is 4. The van der Waals surface area contributed by atoms with Crippen molar-refractivity contribution in [2.24, 2.45) is 0 Å². The zero-order chi connectivity index (χ0) is 14.8. The zero-order valence-electron chi connectivity index (χ0n) is 11.6. The van der Waals surface area contributed by atoms with Crippen molar-refractivity contribution in [3.63, 3.8) is 0 Å². The Labute approximate surface area is 122 Å². The number of carboxylic acid groups (broad SMARTS) is 1. The summed E-state index contributed by atoms with van der Waals surface area (Å²) in [7, 11) is 0. The van der Waals surface area contributed by atoms with Gasteiger partial charge in [-0.05, 0) is 43.4 Å². The van der Waals surface area contributed by atoms with Crippen molar-refractivity contribution in [2.45, 2.75) is 43.9 Å². The Morgan fingerprint density at radius 1 is 1.19 bits per heavy atom. The van der Waals surface area contributed by atoms with Gasteiger partial charge in [0.15, 0.2) is 6.10 Å². The molecule has 6 nitrogen and oxygen atoms in total. The molecule has 2 fully saturated rings. The quantitative estimate of drug-likeness (QED) is 0.909. The van der Waals surface area contributed by atoms with Crippen LogP contribution in [-0.2, 0) is 14.3 Å². The minimum absolute atomic E-state index is 0.0491.